The Kier molecular flexibility index (Phi) is 9.98. The minimum atomic E-state index is -0.797. The molecule has 0 fully saturated rings. The average Bonchev–Trinajstić information content (AvgIpc) is 3.01. The van der Waals surface area contributed by atoms with Crippen LogP contribution in [0.1, 0.15) is 67.6 Å². The molecule has 0 bridgehead atoms. The first-order chi connectivity index (χ1) is 20.0. The lowest BCUT2D eigenvalue weighted by atomic mass is 10.1. The van der Waals surface area contributed by atoms with E-state index in [9.17, 15) is 19.2 Å². The van der Waals surface area contributed by atoms with Gasteiger partial charge in [0.25, 0.3) is 0 Å². The van der Waals surface area contributed by atoms with Crippen LogP contribution in [0.3, 0.4) is 0 Å². The van der Waals surface area contributed by atoms with Crippen LogP contribution >= 0.6 is 0 Å². The molecule has 4 rings (SSSR count). The Balaban J connectivity index is 1.77. The van der Waals surface area contributed by atoms with Crippen LogP contribution in [0.5, 0.6) is 17.2 Å². The first-order valence-corrected chi connectivity index (χ1v) is 13.1. The number of unbranched alkanes of at least 4 members (excludes halogenated alkanes) is 2. The third-order valence-corrected chi connectivity index (χ3v) is 5.87. The zero-order valence-corrected chi connectivity index (χ0v) is 22.4. The number of ether oxygens (including phenoxy) is 4. The lowest BCUT2D eigenvalue weighted by Gasteiger charge is -2.16. The number of esters is 4. The van der Waals surface area contributed by atoms with Crippen molar-refractivity contribution in [2.24, 2.45) is 0 Å². The predicted molar refractivity (Wildman–Crippen MR) is 150 cm³/mol. The number of hydrogen-bond donors (Lipinski definition) is 0. The maximum Gasteiger partial charge on any atom is 0.343 e. The Hall–Kier alpha value is -5.24. The highest BCUT2D eigenvalue weighted by Crippen LogP contribution is 2.40. The van der Waals surface area contributed by atoms with E-state index in [4.69, 9.17) is 18.9 Å². The number of carbonyl (C=O) groups excluding carboxylic acids is 4. The predicted octanol–water partition coefficient (Wildman–Crippen LogP) is 6.69. The standard InChI is InChI=1S/C33H28O8/c1-2-3-13-20-38-30(34)26-21-27(39-31(35)23-14-7-4-8-15-23)29(41-33(37)25-18-11-6-12-19-25)28(22-26)40-32(36)24-16-9-5-10-17-24/h4-12,14-19,21-22H,2-3,13,20H2,1H3. The molecule has 0 radical (unpaired) electrons. The zero-order chi connectivity index (χ0) is 29.0. The van der Waals surface area contributed by atoms with E-state index in [1.54, 1.807) is 78.9 Å². The molecule has 0 aromatic heterocycles. The Morgan fingerprint density at radius 3 is 1.34 bits per heavy atom. The Morgan fingerprint density at radius 1 is 0.512 bits per heavy atom. The van der Waals surface area contributed by atoms with Crippen molar-refractivity contribution in [3.63, 3.8) is 0 Å². The Labute approximate surface area is 237 Å². The monoisotopic (exact) mass is 552 g/mol. The molecule has 8 heteroatoms. The Bertz CT molecular complexity index is 1420. The van der Waals surface area contributed by atoms with Crippen molar-refractivity contribution >= 4 is 23.9 Å². The van der Waals surface area contributed by atoms with Crippen LogP contribution in [0.25, 0.3) is 0 Å². The van der Waals surface area contributed by atoms with Gasteiger partial charge in [-0.05, 0) is 55.0 Å². The molecule has 0 aliphatic carbocycles. The van der Waals surface area contributed by atoms with Gasteiger partial charge < -0.3 is 18.9 Å². The van der Waals surface area contributed by atoms with E-state index in [1.807, 2.05) is 6.92 Å². The molecule has 0 saturated heterocycles. The van der Waals surface area contributed by atoms with E-state index in [2.05, 4.69) is 0 Å². The second-order valence-corrected chi connectivity index (χ2v) is 8.91. The fourth-order valence-corrected chi connectivity index (χ4v) is 3.74. The number of benzene rings is 4. The molecule has 208 valence electrons. The van der Waals surface area contributed by atoms with Gasteiger partial charge in [0.15, 0.2) is 11.5 Å². The summed E-state index contributed by atoms with van der Waals surface area (Å²) in [5.41, 5.74) is 0.562. The van der Waals surface area contributed by atoms with E-state index in [0.717, 1.165) is 12.8 Å². The molecule has 4 aromatic rings. The van der Waals surface area contributed by atoms with Gasteiger partial charge >= 0.3 is 23.9 Å². The van der Waals surface area contributed by atoms with Gasteiger partial charge in [-0.2, -0.15) is 0 Å². The molecular formula is C33H28O8. The van der Waals surface area contributed by atoms with Gasteiger partial charge in [0, 0.05) is 0 Å². The van der Waals surface area contributed by atoms with Crippen LogP contribution in [-0.2, 0) is 4.74 Å². The van der Waals surface area contributed by atoms with Gasteiger partial charge in [-0.1, -0.05) is 74.4 Å². The first kappa shape index (κ1) is 28.8. The normalized spacial score (nSPS) is 10.4. The van der Waals surface area contributed by atoms with E-state index in [1.165, 1.54) is 24.3 Å². The summed E-state index contributed by atoms with van der Waals surface area (Å²) in [6.07, 6.45) is 2.49. The van der Waals surface area contributed by atoms with Crippen LogP contribution in [-0.4, -0.2) is 30.5 Å². The van der Waals surface area contributed by atoms with Crippen molar-refractivity contribution in [2.75, 3.05) is 6.61 Å². The van der Waals surface area contributed by atoms with E-state index >= 15 is 0 Å². The van der Waals surface area contributed by atoms with Crippen molar-refractivity contribution in [1.29, 1.82) is 0 Å². The molecule has 0 saturated carbocycles. The summed E-state index contributed by atoms with van der Waals surface area (Å²) in [6, 6.07) is 26.8. The first-order valence-electron chi connectivity index (χ1n) is 13.1. The minimum Gasteiger partial charge on any atom is -0.462 e. The zero-order valence-electron chi connectivity index (χ0n) is 22.4. The highest BCUT2D eigenvalue weighted by molar-refractivity contribution is 5.97. The van der Waals surface area contributed by atoms with Crippen LogP contribution in [0.15, 0.2) is 103 Å². The summed E-state index contributed by atoms with van der Waals surface area (Å²) >= 11 is 0. The van der Waals surface area contributed by atoms with Crippen molar-refractivity contribution in [2.45, 2.75) is 26.2 Å². The lowest BCUT2D eigenvalue weighted by Crippen LogP contribution is -2.17. The second kappa shape index (κ2) is 14.2. The third-order valence-electron chi connectivity index (χ3n) is 5.87. The van der Waals surface area contributed by atoms with E-state index < -0.39 is 23.9 Å². The van der Waals surface area contributed by atoms with Gasteiger partial charge in [0.05, 0.1) is 28.9 Å². The van der Waals surface area contributed by atoms with Crippen molar-refractivity contribution in [3.8, 4) is 17.2 Å². The van der Waals surface area contributed by atoms with Gasteiger partial charge in [0.2, 0.25) is 5.75 Å². The van der Waals surface area contributed by atoms with E-state index in [-0.39, 0.29) is 46.1 Å². The fraction of sp³-hybridized carbons (Fsp3) is 0.152. The molecule has 0 amide bonds. The largest absolute Gasteiger partial charge is 0.462 e. The highest BCUT2D eigenvalue weighted by atomic mass is 16.6. The van der Waals surface area contributed by atoms with Crippen LogP contribution in [0, 0.1) is 0 Å². The van der Waals surface area contributed by atoms with Gasteiger partial charge in [-0.3, -0.25) is 0 Å². The summed E-state index contributed by atoms with van der Waals surface area (Å²) in [6.45, 7) is 2.20. The topological polar surface area (TPSA) is 105 Å². The maximum absolute atomic E-state index is 13.1. The molecule has 0 heterocycles. The third kappa shape index (κ3) is 7.89. The molecule has 8 nitrogen and oxygen atoms in total. The summed E-state index contributed by atoms with van der Waals surface area (Å²) in [5.74, 6) is -4.04. The number of rotatable bonds is 11. The summed E-state index contributed by atoms with van der Waals surface area (Å²) < 4.78 is 22.3. The highest BCUT2D eigenvalue weighted by Gasteiger charge is 2.26. The smallest absolute Gasteiger partial charge is 0.343 e. The fourth-order valence-electron chi connectivity index (χ4n) is 3.74. The molecule has 0 aliphatic heterocycles. The summed E-state index contributed by atoms with van der Waals surface area (Å²) in [7, 11) is 0. The molecule has 0 aliphatic rings. The second-order valence-electron chi connectivity index (χ2n) is 8.91. The maximum atomic E-state index is 13.1. The SMILES string of the molecule is CCCCCOC(=O)c1cc(OC(=O)c2ccccc2)c(OC(=O)c2ccccc2)c(OC(=O)c2ccccc2)c1. The molecule has 0 spiro atoms. The quantitative estimate of drug-likeness (QED) is 0.115. The van der Waals surface area contributed by atoms with Gasteiger partial charge in [0.1, 0.15) is 0 Å². The molecule has 0 unspecified atom stereocenters. The van der Waals surface area contributed by atoms with Crippen molar-refractivity contribution in [3.05, 3.63) is 125 Å². The number of carbonyl (C=O) groups is 4. The molecule has 4 aromatic carbocycles. The van der Waals surface area contributed by atoms with Crippen LogP contribution in [0.2, 0.25) is 0 Å². The van der Waals surface area contributed by atoms with Gasteiger partial charge in [-0.25, -0.2) is 19.2 Å². The molecular weight excluding hydrogens is 524 g/mol. The van der Waals surface area contributed by atoms with Crippen molar-refractivity contribution in [1.82, 2.24) is 0 Å². The summed E-state index contributed by atoms with van der Waals surface area (Å²) in [5, 5.41) is 0. The van der Waals surface area contributed by atoms with Crippen LogP contribution in [0.4, 0.5) is 0 Å². The Morgan fingerprint density at radius 2 is 0.927 bits per heavy atom. The molecule has 0 N–H and O–H groups in total. The molecule has 0 atom stereocenters. The lowest BCUT2D eigenvalue weighted by molar-refractivity contribution is 0.0494. The van der Waals surface area contributed by atoms with Crippen molar-refractivity contribution < 1.29 is 38.1 Å². The van der Waals surface area contributed by atoms with E-state index in [0.29, 0.717) is 6.42 Å². The minimum absolute atomic E-state index is 0.0623. The summed E-state index contributed by atoms with van der Waals surface area (Å²) in [4.78, 5) is 52.1. The number of hydrogen-bond acceptors (Lipinski definition) is 8. The molecule has 41 heavy (non-hydrogen) atoms. The van der Waals surface area contributed by atoms with Gasteiger partial charge in [-0.15, -0.1) is 0 Å². The van der Waals surface area contributed by atoms with Crippen LogP contribution < -0.4 is 14.2 Å². The average molecular weight is 553 g/mol.